The Balaban J connectivity index is 1.82. The topological polar surface area (TPSA) is 96.0 Å². The molecule has 0 unspecified atom stereocenters. The van der Waals surface area contributed by atoms with Gasteiger partial charge in [-0.15, -0.1) is 0 Å². The summed E-state index contributed by atoms with van der Waals surface area (Å²) in [4.78, 5) is 8.99. The molecule has 0 spiro atoms. The van der Waals surface area contributed by atoms with Crippen LogP contribution in [-0.2, 0) is 0 Å². The number of aromatic nitrogens is 4. The zero-order valence-electron chi connectivity index (χ0n) is 15.3. The Morgan fingerprint density at radius 1 is 1.11 bits per heavy atom. The molecule has 3 N–H and O–H groups in total. The fourth-order valence-electron chi connectivity index (χ4n) is 2.87. The molecule has 0 radical (unpaired) electrons. The van der Waals surface area contributed by atoms with Crippen LogP contribution in [0.4, 0.5) is 16.0 Å². The lowest BCUT2D eigenvalue weighted by Crippen LogP contribution is -2.08. The predicted octanol–water partition coefficient (Wildman–Crippen LogP) is 3.63. The number of hydrogen-bond donors (Lipinski definition) is 3. The molecular formula is C20H18FN5O2. The van der Waals surface area contributed by atoms with E-state index in [0.717, 1.165) is 11.1 Å². The zero-order valence-corrected chi connectivity index (χ0v) is 15.3. The molecule has 2 aromatic carbocycles. The van der Waals surface area contributed by atoms with Gasteiger partial charge < -0.3 is 15.2 Å². The van der Waals surface area contributed by atoms with Crippen LogP contribution in [0.5, 0.6) is 5.75 Å². The summed E-state index contributed by atoms with van der Waals surface area (Å²) in [6, 6.07) is 12.8. The van der Waals surface area contributed by atoms with E-state index in [-0.39, 0.29) is 11.6 Å². The number of benzene rings is 2. The standard InChI is InChI=1S/C20H18FN5O2/c1-11-9-17(26-25-11)23-19-15-8-7-14(28-2)10-16(15)22-20(24-19)18(27)12-3-5-13(21)6-4-12/h3-10,18,27H,1-2H3,(H2,22,23,24,25,26)/t18-/m1/s1. The third-order valence-electron chi connectivity index (χ3n) is 4.30. The first kappa shape index (κ1) is 17.9. The van der Waals surface area contributed by atoms with Gasteiger partial charge in [0.05, 0.1) is 12.6 Å². The van der Waals surface area contributed by atoms with Crippen molar-refractivity contribution >= 4 is 22.5 Å². The van der Waals surface area contributed by atoms with Crippen molar-refractivity contribution in [2.24, 2.45) is 0 Å². The summed E-state index contributed by atoms with van der Waals surface area (Å²) in [6.45, 7) is 1.89. The Morgan fingerprint density at radius 2 is 1.89 bits per heavy atom. The van der Waals surface area contributed by atoms with Crippen LogP contribution in [0.2, 0.25) is 0 Å². The summed E-state index contributed by atoms with van der Waals surface area (Å²) in [5, 5.41) is 21.7. The second kappa shape index (κ2) is 7.24. The molecule has 4 aromatic rings. The van der Waals surface area contributed by atoms with Crippen LogP contribution in [0.15, 0.2) is 48.5 Å². The minimum atomic E-state index is -1.11. The van der Waals surface area contributed by atoms with Crippen molar-refractivity contribution in [1.29, 1.82) is 0 Å². The number of aryl methyl sites for hydroxylation is 1. The number of aliphatic hydroxyl groups is 1. The Labute approximate surface area is 160 Å². The Hall–Kier alpha value is -3.52. The first-order chi connectivity index (χ1) is 13.5. The second-order valence-electron chi connectivity index (χ2n) is 6.33. The summed E-state index contributed by atoms with van der Waals surface area (Å²) in [5.41, 5.74) is 1.99. The molecular weight excluding hydrogens is 361 g/mol. The van der Waals surface area contributed by atoms with Crippen molar-refractivity contribution in [3.05, 3.63) is 71.4 Å². The monoisotopic (exact) mass is 379 g/mol. The number of H-pyrrole nitrogens is 1. The number of fused-ring (bicyclic) bond motifs is 1. The van der Waals surface area contributed by atoms with E-state index in [2.05, 4.69) is 25.5 Å². The number of rotatable bonds is 5. The maximum Gasteiger partial charge on any atom is 0.164 e. The van der Waals surface area contributed by atoms with Crippen molar-refractivity contribution in [3.63, 3.8) is 0 Å². The van der Waals surface area contributed by atoms with E-state index in [9.17, 15) is 9.50 Å². The van der Waals surface area contributed by atoms with Gasteiger partial charge >= 0.3 is 0 Å². The van der Waals surface area contributed by atoms with E-state index in [4.69, 9.17) is 4.74 Å². The van der Waals surface area contributed by atoms with E-state index in [1.54, 1.807) is 13.2 Å². The lowest BCUT2D eigenvalue weighted by atomic mass is 10.1. The number of halogens is 1. The van der Waals surface area contributed by atoms with Gasteiger partial charge in [-0.1, -0.05) is 12.1 Å². The number of nitrogens with zero attached hydrogens (tertiary/aromatic N) is 3. The molecule has 0 aliphatic carbocycles. The lowest BCUT2D eigenvalue weighted by Gasteiger charge is -2.14. The minimum Gasteiger partial charge on any atom is -0.497 e. The molecule has 0 saturated carbocycles. The summed E-state index contributed by atoms with van der Waals surface area (Å²) in [6.07, 6.45) is -1.11. The van der Waals surface area contributed by atoms with Crippen LogP contribution < -0.4 is 10.1 Å². The third kappa shape index (κ3) is 3.49. The maximum absolute atomic E-state index is 13.2. The Morgan fingerprint density at radius 3 is 2.57 bits per heavy atom. The van der Waals surface area contributed by atoms with E-state index in [1.807, 2.05) is 25.1 Å². The van der Waals surface area contributed by atoms with Gasteiger partial charge in [0.25, 0.3) is 0 Å². The van der Waals surface area contributed by atoms with Gasteiger partial charge in [0, 0.05) is 23.2 Å². The highest BCUT2D eigenvalue weighted by molar-refractivity contribution is 5.91. The Kier molecular flexibility index (Phi) is 4.62. The number of hydrogen-bond acceptors (Lipinski definition) is 6. The smallest absolute Gasteiger partial charge is 0.164 e. The quantitative estimate of drug-likeness (QED) is 0.490. The van der Waals surface area contributed by atoms with Gasteiger partial charge in [0.2, 0.25) is 0 Å². The third-order valence-corrected chi connectivity index (χ3v) is 4.30. The highest BCUT2D eigenvalue weighted by Gasteiger charge is 2.18. The first-order valence-corrected chi connectivity index (χ1v) is 8.62. The molecule has 0 aliphatic rings. The zero-order chi connectivity index (χ0) is 19.7. The lowest BCUT2D eigenvalue weighted by molar-refractivity contribution is 0.210. The van der Waals surface area contributed by atoms with E-state index in [0.29, 0.717) is 28.5 Å². The van der Waals surface area contributed by atoms with Gasteiger partial charge in [-0.25, -0.2) is 14.4 Å². The fourth-order valence-corrected chi connectivity index (χ4v) is 2.87. The number of ether oxygens (including phenoxy) is 1. The summed E-state index contributed by atoms with van der Waals surface area (Å²) in [7, 11) is 1.57. The van der Waals surface area contributed by atoms with Crippen LogP contribution >= 0.6 is 0 Å². The number of aromatic amines is 1. The molecule has 4 rings (SSSR count). The van der Waals surface area contributed by atoms with Crippen molar-refractivity contribution < 1.29 is 14.2 Å². The molecule has 2 aromatic heterocycles. The number of aliphatic hydroxyl groups excluding tert-OH is 1. The van der Waals surface area contributed by atoms with Gasteiger partial charge in [0.1, 0.15) is 23.5 Å². The van der Waals surface area contributed by atoms with E-state index in [1.165, 1.54) is 24.3 Å². The molecule has 0 saturated heterocycles. The minimum absolute atomic E-state index is 0.183. The number of anilines is 2. The van der Waals surface area contributed by atoms with Crippen molar-refractivity contribution in [2.45, 2.75) is 13.0 Å². The largest absolute Gasteiger partial charge is 0.497 e. The van der Waals surface area contributed by atoms with Crippen LogP contribution in [0.3, 0.4) is 0 Å². The van der Waals surface area contributed by atoms with Crippen LogP contribution in [0.1, 0.15) is 23.2 Å². The average molecular weight is 379 g/mol. The number of methoxy groups -OCH3 is 1. The SMILES string of the molecule is COc1ccc2c(Nc3cc(C)[nH]n3)nc([C@H](O)c3ccc(F)cc3)nc2c1. The van der Waals surface area contributed by atoms with Crippen LogP contribution in [0, 0.1) is 12.7 Å². The molecule has 8 heteroatoms. The average Bonchev–Trinajstić information content (AvgIpc) is 3.12. The summed E-state index contributed by atoms with van der Waals surface area (Å²) in [5.74, 6) is 1.53. The normalized spacial score (nSPS) is 12.1. The molecule has 0 amide bonds. The predicted molar refractivity (Wildman–Crippen MR) is 103 cm³/mol. The van der Waals surface area contributed by atoms with Crippen molar-refractivity contribution in [2.75, 3.05) is 12.4 Å². The van der Waals surface area contributed by atoms with E-state index < -0.39 is 6.10 Å². The van der Waals surface area contributed by atoms with Crippen molar-refractivity contribution in [3.8, 4) is 5.75 Å². The van der Waals surface area contributed by atoms with Crippen molar-refractivity contribution in [1.82, 2.24) is 20.2 Å². The summed E-state index contributed by atoms with van der Waals surface area (Å²) < 4.78 is 18.5. The van der Waals surface area contributed by atoms with Gasteiger partial charge in [-0.2, -0.15) is 5.10 Å². The number of nitrogens with one attached hydrogen (secondary N) is 2. The maximum atomic E-state index is 13.2. The highest BCUT2D eigenvalue weighted by atomic mass is 19.1. The van der Waals surface area contributed by atoms with Crippen LogP contribution in [-0.4, -0.2) is 32.4 Å². The van der Waals surface area contributed by atoms with Crippen LogP contribution in [0.25, 0.3) is 10.9 Å². The van der Waals surface area contributed by atoms with E-state index >= 15 is 0 Å². The molecule has 0 bridgehead atoms. The molecule has 0 fully saturated rings. The molecule has 7 nitrogen and oxygen atoms in total. The fraction of sp³-hybridized carbons (Fsp3) is 0.150. The molecule has 2 heterocycles. The first-order valence-electron chi connectivity index (χ1n) is 8.62. The molecule has 0 aliphatic heterocycles. The van der Waals surface area contributed by atoms with Gasteiger partial charge in [-0.3, -0.25) is 5.10 Å². The molecule has 142 valence electrons. The Bertz CT molecular complexity index is 1130. The molecule has 28 heavy (non-hydrogen) atoms. The second-order valence-corrected chi connectivity index (χ2v) is 6.33. The summed E-state index contributed by atoms with van der Waals surface area (Å²) >= 11 is 0. The molecule has 1 atom stereocenters. The van der Waals surface area contributed by atoms with Gasteiger partial charge in [0.15, 0.2) is 11.6 Å². The van der Waals surface area contributed by atoms with Gasteiger partial charge in [-0.05, 0) is 36.8 Å². The highest BCUT2D eigenvalue weighted by Crippen LogP contribution is 2.29.